The Morgan fingerprint density at radius 1 is 0.844 bits per heavy atom. The van der Waals surface area contributed by atoms with Gasteiger partial charge in [0.15, 0.2) is 0 Å². The summed E-state index contributed by atoms with van der Waals surface area (Å²) in [4.78, 5) is 39.1. The van der Waals surface area contributed by atoms with E-state index in [1.807, 2.05) is 31.2 Å². The Morgan fingerprint density at radius 3 is 1.91 bits per heavy atom. The minimum absolute atomic E-state index is 0.281. The Hall–Kier alpha value is -3.87. The SMILES string of the molecule is CCOC(=O)c1ccc(N2C=C(C(=O)OC)C(c3ccccc3C)C(C(=O)OC)=C2)cc1. The molecular formula is C25H25NO6. The van der Waals surface area contributed by atoms with Crippen molar-refractivity contribution in [2.75, 3.05) is 25.7 Å². The second-order valence-electron chi connectivity index (χ2n) is 7.12. The number of benzene rings is 2. The molecule has 1 heterocycles. The maximum absolute atomic E-state index is 12.8. The van der Waals surface area contributed by atoms with Crippen molar-refractivity contribution in [2.24, 2.45) is 0 Å². The number of carbonyl (C=O) groups is 3. The van der Waals surface area contributed by atoms with Gasteiger partial charge in [-0.2, -0.15) is 0 Å². The number of esters is 3. The van der Waals surface area contributed by atoms with Gasteiger partial charge in [0.1, 0.15) is 0 Å². The summed E-state index contributed by atoms with van der Waals surface area (Å²) >= 11 is 0. The number of hydrogen-bond donors (Lipinski definition) is 0. The molecule has 1 aliphatic heterocycles. The van der Waals surface area contributed by atoms with Crippen LogP contribution in [0.25, 0.3) is 0 Å². The Labute approximate surface area is 186 Å². The van der Waals surface area contributed by atoms with E-state index in [4.69, 9.17) is 14.2 Å². The van der Waals surface area contributed by atoms with E-state index >= 15 is 0 Å². The summed E-state index contributed by atoms with van der Waals surface area (Å²) in [7, 11) is 2.60. The van der Waals surface area contributed by atoms with Gasteiger partial charge in [0.2, 0.25) is 0 Å². The highest BCUT2D eigenvalue weighted by molar-refractivity contribution is 6.00. The van der Waals surface area contributed by atoms with Gasteiger partial charge in [-0.1, -0.05) is 24.3 Å². The zero-order chi connectivity index (χ0) is 23.3. The van der Waals surface area contributed by atoms with E-state index in [2.05, 4.69) is 0 Å². The fraction of sp³-hybridized carbons (Fsp3) is 0.240. The topological polar surface area (TPSA) is 82.1 Å². The highest BCUT2D eigenvalue weighted by Crippen LogP contribution is 2.39. The summed E-state index contributed by atoms with van der Waals surface area (Å²) in [6, 6.07) is 14.2. The van der Waals surface area contributed by atoms with E-state index in [0.717, 1.165) is 11.1 Å². The Morgan fingerprint density at radius 2 is 1.41 bits per heavy atom. The van der Waals surface area contributed by atoms with Crippen LogP contribution in [0.5, 0.6) is 0 Å². The van der Waals surface area contributed by atoms with Crippen LogP contribution in [0.1, 0.15) is 34.3 Å². The zero-order valence-electron chi connectivity index (χ0n) is 18.5. The van der Waals surface area contributed by atoms with Gasteiger partial charge in [-0.05, 0) is 49.2 Å². The second-order valence-corrected chi connectivity index (χ2v) is 7.12. The highest BCUT2D eigenvalue weighted by Gasteiger charge is 2.36. The Bertz CT molecular complexity index is 1050. The number of rotatable bonds is 6. The highest BCUT2D eigenvalue weighted by atomic mass is 16.5. The molecule has 0 aromatic heterocycles. The van der Waals surface area contributed by atoms with E-state index in [-0.39, 0.29) is 6.61 Å². The summed E-state index contributed by atoms with van der Waals surface area (Å²) in [5, 5.41) is 0. The van der Waals surface area contributed by atoms with Crippen molar-refractivity contribution < 1.29 is 28.6 Å². The standard InChI is InChI=1S/C25H25NO6/c1-5-32-23(27)17-10-12-18(13-11-17)26-14-20(24(28)30-3)22(21(15-26)25(29)31-4)19-9-7-6-8-16(19)2/h6-15,22H,5H2,1-4H3. The molecule has 0 N–H and O–H groups in total. The molecule has 2 aromatic carbocycles. The van der Waals surface area contributed by atoms with Gasteiger partial charge in [-0.3, -0.25) is 0 Å². The van der Waals surface area contributed by atoms with Crippen LogP contribution in [0.2, 0.25) is 0 Å². The molecule has 0 atom stereocenters. The lowest BCUT2D eigenvalue weighted by Crippen LogP contribution is -2.29. The predicted molar refractivity (Wildman–Crippen MR) is 119 cm³/mol. The third-order valence-corrected chi connectivity index (χ3v) is 5.20. The van der Waals surface area contributed by atoms with Gasteiger partial charge < -0.3 is 19.1 Å². The van der Waals surface area contributed by atoms with Gasteiger partial charge in [0.05, 0.1) is 43.5 Å². The number of methoxy groups -OCH3 is 2. The monoisotopic (exact) mass is 435 g/mol. The number of aryl methyl sites for hydroxylation is 1. The predicted octanol–water partition coefficient (Wildman–Crippen LogP) is 3.89. The molecule has 0 aliphatic carbocycles. The molecule has 166 valence electrons. The van der Waals surface area contributed by atoms with Crippen molar-refractivity contribution in [3.05, 3.63) is 88.8 Å². The summed E-state index contributed by atoms with van der Waals surface area (Å²) in [5.74, 6) is -2.18. The first-order valence-corrected chi connectivity index (χ1v) is 10.1. The smallest absolute Gasteiger partial charge is 0.338 e. The fourth-order valence-corrected chi connectivity index (χ4v) is 3.61. The average molecular weight is 435 g/mol. The van der Waals surface area contributed by atoms with Crippen LogP contribution in [0.15, 0.2) is 72.1 Å². The van der Waals surface area contributed by atoms with Crippen LogP contribution in [0, 0.1) is 6.92 Å². The average Bonchev–Trinajstić information content (AvgIpc) is 2.83. The maximum Gasteiger partial charge on any atom is 0.338 e. The minimum Gasteiger partial charge on any atom is -0.466 e. The van der Waals surface area contributed by atoms with E-state index in [0.29, 0.717) is 22.4 Å². The molecule has 7 heteroatoms. The molecule has 0 saturated carbocycles. The maximum atomic E-state index is 12.8. The van der Waals surface area contributed by atoms with Crippen molar-refractivity contribution in [1.82, 2.24) is 0 Å². The van der Waals surface area contributed by atoms with Crippen molar-refractivity contribution in [2.45, 2.75) is 19.8 Å². The van der Waals surface area contributed by atoms with Crippen LogP contribution in [0.4, 0.5) is 5.69 Å². The van der Waals surface area contributed by atoms with Crippen molar-refractivity contribution in [3.63, 3.8) is 0 Å². The molecule has 2 aromatic rings. The van der Waals surface area contributed by atoms with E-state index in [9.17, 15) is 14.4 Å². The molecule has 32 heavy (non-hydrogen) atoms. The van der Waals surface area contributed by atoms with E-state index in [1.54, 1.807) is 48.5 Å². The first kappa shape index (κ1) is 22.8. The molecule has 3 rings (SSSR count). The van der Waals surface area contributed by atoms with Gasteiger partial charge in [-0.25, -0.2) is 14.4 Å². The Balaban J connectivity index is 2.10. The second kappa shape index (κ2) is 9.96. The Kier molecular flexibility index (Phi) is 7.10. The normalized spacial score (nSPS) is 13.7. The summed E-state index contributed by atoms with van der Waals surface area (Å²) in [5.41, 5.74) is 3.36. The van der Waals surface area contributed by atoms with E-state index < -0.39 is 23.8 Å². The zero-order valence-corrected chi connectivity index (χ0v) is 18.5. The number of nitrogens with zero attached hydrogens (tertiary/aromatic N) is 1. The third kappa shape index (κ3) is 4.56. The van der Waals surface area contributed by atoms with Crippen LogP contribution >= 0.6 is 0 Å². The molecule has 0 fully saturated rings. The quantitative estimate of drug-likeness (QED) is 0.503. The molecule has 1 aliphatic rings. The lowest BCUT2D eigenvalue weighted by molar-refractivity contribution is -0.137. The summed E-state index contributed by atoms with van der Waals surface area (Å²) in [6.07, 6.45) is 3.27. The number of anilines is 1. The number of ether oxygens (including phenoxy) is 3. The summed E-state index contributed by atoms with van der Waals surface area (Å²) < 4.78 is 15.1. The minimum atomic E-state index is -0.647. The van der Waals surface area contributed by atoms with Crippen LogP contribution in [-0.4, -0.2) is 38.7 Å². The van der Waals surface area contributed by atoms with Gasteiger partial charge in [0, 0.05) is 18.1 Å². The van der Waals surface area contributed by atoms with Gasteiger partial charge in [-0.15, -0.1) is 0 Å². The molecule has 0 amide bonds. The lowest BCUT2D eigenvalue weighted by atomic mass is 9.81. The van der Waals surface area contributed by atoms with Crippen molar-refractivity contribution in [1.29, 1.82) is 0 Å². The van der Waals surface area contributed by atoms with Crippen molar-refractivity contribution >= 4 is 23.6 Å². The van der Waals surface area contributed by atoms with Crippen LogP contribution in [0.3, 0.4) is 0 Å². The molecule has 0 bridgehead atoms. The van der Waals surface area contributed by atoms with Gasteiger partial charge in [0.25, 0.3) is 0 Å². The first-order valence-electron chi connectivity index (χ1n) is 10.1. The number of hydrogen-bond acceptors (Lipinski definition) is 7. The summed E-state index contributed by atoms with van der Waals surface area (Å²) in [6.45, 7) is 3.94. The molecule has 0 unspecified atom stereocenters. The molecule has 0 saturated heterocycles. The molecule has 0 spiro atoms. The molecule has 7 nitrogen and oxygen atoms in total. The van der Waals surface area contributed by atoms with Gasteiger partial charge >= 0.3 is 17.9 Å². The largest absolute Gasteiger partial charge is 0.466 e. The van der Waals surface area contributed by atoms with Crippen LogP contribution in [-0.2, 0) is 23.8 Å². The van der Waals surface area contributed by atoms with E-state index in [1.165, 1.54) is 14.2 Å². The molecular weight excluding hydrogens is 410 g/mol. The molecule has 0 radical (unpaired) electrons. The fourth-order valence-electron chi connectivity index (χ4n) is 3.61. The third-order valence-electron chi connectivity index (χ3n) is 5.20. The first-order chi connectivity index (χ1) is 15.4. The van der Waals surface area contributed by atoms with Crippen molar-refractivity contribution in [3.8, 4) is 0 Å². The lowest BCUT2D eigenvalue weighted by Gasteiger charge is -2.30. The number of carbonyl (C=O) groups excluding carboxylic acids is 3. The van der Waals surface area contributed by atoms with Crippen LogP contribution < -0.4 is 4.90 Å².